The Morgan fingerprint density at radius 3 is 1.97 bits per heavy atom. The quantitative estimate of drug-likeness (QED) is 0.353. The van der Waals surface area contributed by atoms with Gasteiger partial charge >= 0.3 is 17.9 Å². The molecule has 1 amide bonds. The van der Waals surface area contributed by atoms with Gasteiger partial charge in [0.05, 0.1) is 25.7 Å². The number of amides is 1. The summed E-state index contributed by atoms with van der Waals surface area (Å²) >= 11 is 0. The maximum absolute atomic E-state index is 12.7. The van der Waals surface area contributed by atoms with Gasteiger partial charge in [-0.15, -0.1) is 0 Å². The Bertz CT molecular complexity index is 705. The zero-order chi connectivity index (χ0) is 23.1. The predicted octanol–water partition coefficient (Wildman–Crippen LogP) is 3.04. The second kappa shape index (κ2) is 15.0. The third-order valence-electron chi connectivity index (χ3n) is 4.59. The Kier molecular flexibility index (Phi) is 12.6. The van der Waals surface area contributed by atoms with Crippen molar-refractivity contribution in [3.8, 4) is 0 Å². The second-order valence-corrected chi connectivity index (χ2v) is 6.85. The van der Waals surface area contributed by atoms with Gasteiger partial charge in [-0.1, -0.05) is 18.2 Å². The van der Waals surface area contributed by atoms with E-state index in [0.717, 1.165) is 0 Å². The van der Waals surface area contributed by atoms with E-state index in [1.54, 1.807) is 51.1 Å². The lowest BCUT2D eigenvalue weighted by molar-refractivity contribution is -0.151. The first kappa shape index (κ1) is 26.1. The van der Waals surface area contributed by atoms with E-state index in [-0.39, 0.29) is 51.0 Å². The summed E-state index contributed by atoms with van der Waals surface area (Å²) < 4.78 is 15.1. The lowest BCUT2D eigenvalue weighted by Crippen LogP contribution is -2.44. The van der Waals surface area contributed by atoms with Gasteiger partial charge in [-0.3, -0.25) is 19.2 Å². The standard InChI is InChI=1S/C23H33NO7/c1-4-29-20(25)14-10-13-18(23(28)31-6-3)19(15-16-21(26)30-5-2)24-22(27)17-11-8-7-9-12-17/h7-9,11-12,18-19H,4-6,10,13-16H2,1-3H3,(H,24,27)/t18-,19+/m0/s1. The molecule has 0 aliphatic rings. The molecule has 0 saturated carbocycles. The molecule has 0 aliphatic carbocycles. The highest BCUT2D eigenvalue weighted by Crippen LogP contribution is 2.20. The Labute approximate surface area is 183 Å². The van der Waals surface area contributed by atoms with Gasteiger partial charge in [0.25, 0.3) is 5.91 Å². The van der Waals surface area contributed by atoms with Crippen LogP contribution in [0.25, 0.3) is 0 Å². The van der Waals surface area contributed by atoms with E-state index < -0.39 is 23.9 Å². The zero-order valence-corrected chi connectivity index (χ0v) is 18.6. The van der Waals surface area contributed by atoms with Gasteiger partial charge in [0.1, 0.15) is 0 Å². The average molecular weight is 436 g/mol. The molecule has 1 aromatic carbocycles. The number of ether oxygens (including phenoxy) is 3. The molecule has 0 saturated heterocycles. The molecule has 8 nitrogen and oxygen atoms in total. The van der Waals surface area contributed by atoms with Crippen LogP contribution in [0.1, 0.15) is 63.2 Å². The number of hydrogen-bond acceptors (Lipinski definition) is 7. The van der Waals surface area contributed by atoms with E-state index in [0.29, 0.717) is 18.4 Å². The molecule has 2 atom stereocenters. The van der Waals surface area contributed by atoms with Crippen LogP contribution in [0.3, 0.4) is 0 Å². The van der Waals surface area contributed by atoms with Crippen LogP contribution in [0, 0.1) is 5.92 Å². The van der Waals surface area contributed by atoms with E-state index in [9.17, 15) is 19.2 Å². The topological polar surface area (TPSA) is 108 Å². The number of nitrogens with one attached hydrogen (secondary N) is 1. The molecule has 0 unspecified atom stereocenters. The predicted molar refractivity (Wildman–Crippen MR) is 114 cm³/mol. The van der Waals surface area contributed by atoms with Crippen LogP contribution in [0.5, 0.6) is 0 Å². The Balaban J connectivity index is 2.97. The molecule has 1 rings (SSSR count). The normalized spacial score (nSPS) is 12.4. The van der Waals surface area contributed by atoms with Gasteiger partial charge < -0.3 is 19.5 Å². The maximum atomic E-state index is 12.7. The van der Waals surface area contributed by atoms with E-state index in [4.69, 9.17) is 14.2 Å². The Morgan fingerprint density at radius 2 is 1.39 bits per heavy atom. The summed E-state index contributed by atoms with van der Waals surface area (Å²) in [5, 5.41) is 2.87. The van der Waals surface area contributed by atoms with Crippen molar-refractivity contribution in [2.24, 2.45) is 5.92 Å². The molecule has 0 aliphatic heterocycles. The fourth-order valence-corrected chi connectivity index (χ4v) is 3.15. The Hall–Kier alpha value is -2.90. The van der Waals surface area contributed by atoms with Gasteiger partial charge in [0, 0.05) is 24.4 Å². The second-order valence-electron chi connectivity index (χ2n) is 6.85. The number of carbonyl (C=O) groups is 4. The summed E-state index contributed by atoms with van der Waals surface area (Å²) in [5.41, 5.74) is 0.442. The summed E-state index contributed by atoms with van der Waals surface area (Å²) in [6, 6.07) is 7.95. The van der Waals surface area contributed by atoms with Crippen molar-refractivity contribution in [3.63, 3.8) is 0 Å². The van der Waals surface area contributed by atoms with Crippen LogP contribution < -0.4 is 5.32 Å². The van der Waals surface area contributed by atoms with Gasteiger partial charge in [0.15, 0.2) is 0 Å². The van der Waals surface area contributed by atoms with Crippen molar-refractivity contribution in [2.75, 3.05) is 19.8 Å². The smallest absolute Gasteiger partial charge is 0.311 e. The van der Waals surface area contributed by atoms with Gasteiger partial charge in [-0.25, -0.2) is 0 Å². The van der Waals surface area contributed by atoms with Crippen LogP contribution in [-0.2, 0) is 28.6 Å². The molecule has 1 N–H and O–H groups in total. The SMILES string of the molecule is CCOC(=O)CCC[C@H](C(=O)OCC)[C@@H](CCC(=O)OCC)NC(=O)c1ccccc1. The molecule has 0 spiro atoms. The molecule has 0 aromatic heterocycles. The van der Waals surface area contributed by atoms with E-state index in [1.807, 2.05) is 0 Å². The molecule has 0 bridgehead atoms. The van der Waals surface area contributed by atoms with Crippen molar-refractivity contribution >= 4 is 23.8 Å². The van der Waals surface area contributed by atoms with Crippen LogP contribution in [-0.4, -0.2) is 49.7 Å². The van der Waals surface area contributed by atoms with Crippen LogP contribution >= 0.6 is 0 Å². The maximum Gasteiger partial charge on any atom is 0.311 e. The Morgan fingerprint density at radius 1 is 0.806 bits per heavy atom. The molecule has 0 fully saturated rings. The van der Waals surface area contributed by atoms with Crippen molar-refractivity contribution in [1.29, 1.82) is 0 Å². The molecular formula is C23H33NO7. The minimum absolute atomic E-state index is 0.0430. The lowest BCUT2D eigenvalue weighted by Gasteiger charge is -2.26. The summed E-state index contributed by atoms with van der Waals surface area (Å²) in [4.78, 5) is 48.9. The third kappa shape index (κ3) is 10.1. The van der Waals surface area contributed by atoms with Gasteiger partial charge in [-0.05, 0) is 52.2 Å². The minimum Gasteiger partial charge on any atom is -0.466 e. The van der Waals surface area contributed by atoms with E-state index in [2.05, 4.69) is 5.32 Å². The molecule has 0 heterocycles. The molecule has 172 valence electrons. The molecule has 1 aromatic rings. The molecule has 0 radical (unpaired) electrons. The molecular weight excluding hydrogens is 402 g/mol. The number of hydrogen-bond donors (Lipinski definition) is 1. The average Bonchev–Trinajstić information content (AvgIpc) is 2.75. The van der Waals surface area contributed by atoms with Crippen molar-refractivity contribution in [3.05, 3.63) is 35.9 Å². The van der Waals surface area contributed by atoms with E-state index in [1.165, 1.54) is 0 Å². The fourth-order valence-electron chi connectivity index (χ4n) is 3.15. The zero-order valence-electron chi connectivity index (χ0n) is 18.6. The minimum atomic E-state index is -0.712. The monoisotopic (exact) mass is 435 g/mol. The molecule has 31 heavy (non-hydrogen) atoms. The van der Waals surface area contributed by atoms with Crippen molar-refractivity contribution < 1.29 is 33.4 Å². The number of esters is 3. The summed E-state index contributed by atoms with van der Waals surface area (Å²) in [7, 11) is 0. The van der Waals surface area contributed by atoms with Gasteiger partial charge in [0.2, 0.25) is 0 Å². The van der Waals surface area contributed by atoms with Crippen LogP contribution in [0.15, 0.2) is 30.3 Å². The first-order chi connectivity index (χ1) is 14.9. The lowest BCUT2D eigenvalue weighted by atomic mass is 9.90. The number of benzene rings is 1. The first-order valence-corrected chi connectivity index (χ1v) is 10.8. The van der Waals surface area contributed by atoms with Crippen molar-refractivity contribution in [1.82, 2.24) is 5.32 Å². The first-order valence-electron chi connectivity index (χ1n) is 10.8. The summed E-state index contributed by atoms with van der Waals surface area (Å²) in [6.45, 7) is 5.86. The number of rotatable bonds is 14. The summed E-state index contributed by atoms with van der Waals surface area (Å²) in [6.07, 6.45) is 1.10. The largest absolute Gasteiger partial charge is 0.466 e. The third-order valence-corrected chi connectivity index (χ3v) is 4.59. The van der Waals surface area contributed by atoms with Crippen molar-refractivity contribution in [2.45, 2.75) is 58.9 Å². The highest BCUT2D eigenvalue weighted by atomic mass is 16.5. The van der Waals surface area contributed by atoms with Crippen LogP contribution in [0.4, 0.5) is 0 Å². The number of carbonyl (C=O) groups excluding carboxylic acids is 4. The highest BCUT2D eigenvalue weighted by Gasteiger charge is 2.31. The van der Waals surface area contributed by atoms with Gasteiger partial charge in [-0.2, -0.15) is 0 Å². The summed E-state index contributed by atoms with van der Waals surface area (Å²) in [5.74, 6) is -2.30. The molecule has 8 heteroatoms. The fraction of sp³-hybridized carbons (Fsp3) is 0.565. The van der Waals surface area contributed by atoms with E-state index >= 15 is 0 Å². The highest BCUT2D eigenvalue weighted by molar-refractivity contribution is 5.94. The van der Waals surface area contributed by atoms with Crippen LogP contribution in [0.2, 0.25) is 0 Å².